The predicted octanol–water partition coefficient (Wildman–Crippen LogP) is 2.87. The molecule has 0 bridgehead atoms. The number of nitrogens with two attached hydrogens (primary N) is 1. The molecule has 1 aromatic heterocycles. The normalized spacial score (nSPS) is 10.0. The third kappa shape index (κ3) is 3.69. The summed E-state index contributed by atoms with van der Waals surface area (Å²) < 4.78 is 3.29. The average Bonchev–Trinajstić information content (AvgIpc) is 2.46. The Balaban J connectivity index is 2.08. The van der Waals surface area contributed by atoms with Gasteiger partial charge in [-0.15, -0.1) is 0 Å². The van der Waals surface area contributed by atoms with Crippen LogP contribution in [0.4, 0.5) is 23.0 Å². The maximum Gasteiger partial charge on any atom is 0.130 e. The number of nitrogens with zero attached hydrogens (tertiary/aromatic N) is 1. The smallest absolute Gasteiger partial charge is 0.130 e. The van der Waals surface area contributed by atoms with Gasteiger partial charge < -0.3 is 21.1 Å². The van der Waals surface area contributed by atoms with Crippen molar-refractivity contribution in [3.05, 3.63) is 36.4 Å². The van der Waals surface area contributed by atoms with Crippen molar-refractivity contribution in [1.29, 1.82) is 0 Å². The lowest BCUT2D eigenvalue weighted by Gasteiger charge is -2.10. The molecule has 6 heteroatoms. The Bertz CT molecular complexity index is 519. The van der Waals surface area contributed by atoms with Crippen LogP contribution in [0.25, 0.3) is 0 Å². The Labute approximate surface area is 117 Å². The summed E-state index contributed by atoms with van der Waals surface area (Å²) in [6.07, 6.45) is 0. The molecule has 2 aromatic rings. The number of rotatable bonds is 5. The van der Waals surface area contributed by atoms with Gasteiger partial charge in [-0.1, -0.05) is 0 Å². The summed E-state index contributed by atoms with van der Waals surface area (Å²) in [6.45, 7) is 0. The fraction of sp³-hybridized carbons (Fsp3) is 0.154. The van der Waals surface area contributed by atoms with Crippen molar-refractivity contribution >= 4 is 35.0 Å². The molecule has 0 fully saturated rings. The first kappa shape index (κ1) is 13.4. The summed E-state index contributed by atoms with van der Waals surface area (Å²) in [4.78, 5) is 5.45. The zero-order valence-electron chi connectivity index (χ0n) is 10.9. The van der Waals surface area contributed by atoms with Crippen molar-refractivity contribution in [2.24, 2.45) is 0 Å². The Morgan fingerprint density at radius 3 is 2.11 bits per heavy atom. The SMILES string of the molecule is CNc1cc(NSc2ccc(N)cc2)cc(NC)n1. The van der Waals surface area contributed by atoms with Crippen LogP contribution < -0.4 is 21.1 Å². The van der Waals surface area contributed by atoms with E-state index in [1.54, 1.807) is 0 Å². The van der Waals surface area contributed by atoms with E-state index in [2.05, 4.69) is 20.3 Å². The van der Waals surface area contributed by atoms with Gasteiger partial charge in [0.25, 0.3) is 0 Å². The Kier molecular flexibility index (Phi) is 4.35. The van der Waals surface area contributed by atoms with Crippen LogP contribution in [0.2, 0.25) is 0 Å². The van der Waals surface area contributed by atoms with Gasteiger partial charge in [-0.25, -0.2) is 4.98 Å². The van der Waals surface area contributed by atoms with Crippen LogP contribution in [0.3, 0.4) is 0 Å². The van der Waals surface area contributed by atoms with Crippen molar-refractivity contribution in [2.75, 3.05) is 35.2 Å². The number of hydrogen-bond acceptors (Lipinski definition) is 6. The number of benzene rings is 1. The number of pyridine rings is 1. The highest BCUT2D eigenvalue weighted by molar-refractivity contribution is 8.00. The van der Waals surface area contributed by atoms with E-state index in [4.69, 9.17) is 5.73 Å². The molecule has 5 nitrogen and oxygen atoms in total. The van der Waals surface area contributed by atoms with Crippen molar-refractivity contribution in [1.82, 2.24) is 4.98 Å². The molecule has 0 unspecified atom stereocenters. The molecule has 0 saturated heterocycles. The van der Waals surface area contributed by atoms with Crippen LogP contribution in [0.15, 0.2) is 41.3 Å². The fourth-order valence-corrected chi connectivity index (χ4v) is 2.13. The Morgan fingerprint density at radius 1 is 1.00 bits per heavy atom. The van der Waals surface area contributed by atoms with E-state index in [9.17, 15) is 0 Å². The molecule has 0 spiro atoms. The molecule has 19 heavy (non-hydrogen) atoms. The van der Waals surface area contributed by atoms with Gasteiger partial charge in [-0.2, -0.15) is 0 Å². The summed E-state index contributed by atoms with van der Waals surface area (Å²) in [6, 6.07) is 11.6. The van der Waals surface area contributed by atoms with Crippen LogP contribution >= 0.6 is 11.9 Å². The van der Waals surface area contributed by atoms with Crippen molar-refractivity contribution < 1.29 is 0 Å². The van der Waals surface area contributed by atoms with E-state index in [1.807, 2.05) is 50.5 Å². The maximum absolute atomic E-state index is 5.66. The summed E-state index contributed by atoms with van der Waals surface area (Å²) in [5, 5.41) is 6.06. The van der Waals surface area contributed by atoms with Gasteiger partial charge in [0.1, 0.15) is 11.6 Å². The average molecular weight is 275 g/mol. The van der Waals surface area contributed by atoms with E-state index >= 15 is 0 Å². The van der Waals surface area contributed by atoms with E-state index in [0.717, 1.165) is 27.9 Å². The summed E-state index contributed by atoms with van der Waals surface area (Å²) in [7, 11) is 3.69. The largest absolute Gasteiger partial charge is 0.399 e. The molecule has 1 heterocycles. The van der Waals surface area contributed by atoms with Crippen molar-refractivity contribution in [2.45, 2.75) is 4.90 Å². The van der Waals surface area contributed by atoms with E-state index < -0.39 is 0 Å². The van der Waals surface area contributed by atoms with Gasteiger partial charge in [-0.05, 0) is 36.2 Å². The quantitative estimate of drug-likeness (QED) is 0.496. The molecule has 2 rings (SSSR count). The fourth-order valence-electron chi connectivity index (χ4n) is 1.50. The van der Waals surface area contributed by atoms with Gasteiger partial charge in [0.2, 0.25) is 0 Å². The van der Waals surface area contributed by atoms with Gasteiger partial charge in [0.15, 0.2) is 0 Å². The third-order valence-corrected chi connectivity index (χ3v) is 3.35. The molecular weight excluding hydrogens is 258 g/mol. The lowest BCUT2D eigenvalue weighted by Crippen LogP contribution is -1.99. The lowest BCUT2D eigenvalue weighted by molar-refractivity contribution is 1.26. The first-order valence-electron chi connectivity index (χ1n) is 5.87. The molecule has 5 N–H and O–H groups in total. The van der Waals surface area contributed by atoms with Crippen LogP contribution in [0.5, 0.6) is 0 Å². The molecule has 0 aliphatic carbocycles. The Hall–Kier alpha value is -2.08. The standard InChI is InChI=1S/C13H17N5S/c1-15-12-7-10(8-13(16-2)17-12)18-19-11-5-3-9(14)4-6-11/h3-8H,14H2,1-2H3,(H3,15,16,17,18). The highest BCUT2D eigenvalue weighted by Crippen LogP contribution is 2.25. The second kappa shape index (κ2) is 6.19. The van der Waals surface area contributed by atoms with Gasteiger partial charge in [-0.3, -0.25) is 0 Å². The molecule has 0 aliphatic rings. The van der Waals surface area contributed by atoms with E-state index in [-0.39, 0.29) is 0 Å². The number of anilines is 4. The summed E-state index contributed by atoms with van der Waals surface area (Å²) in [5.74, 6) is 1.62. The second-order valence-electron chi connectivity index (χ2n) is 3.90. The van der Waals surface area contributed by atoms with Crippen LogP contribution in [-0.2, 0) is 0 Å². The number of hydrogen-bond donors (Lipinski definition) is 4. The first-order valence-corrected chi connectivity index (χ1v) is 6.69. The number of nitrogen functional groups attached to an aromatic ring is 1. The molecule has 0 saturated carbocycles. The van der Waals surface area contributed by atoms with E-state index in [0.29, 0.717) is 0 Å². The zero-order chi connectivity index (χ0) is 13.7. The molecular formula is C13H17N5S. The second-order valence-corrected chi connectivity index (χ2v) is 4.78. The monoisotopic (exact) mass is 275 g/mol. The van der Waals surface area contributed by atoms with Gasteiger partial charge in [0.05, 0.1) is 5.69 Å². The molecule has 1 aromatic carbocycles. The lowest BCUT2D eigenvalue weighted by atomic mass is 10.3. The predicted molar refractivity (Wildman–Crippen MR) is 83.7 cm³/mol. The highest BCUT2D eigenvalue weighted by Gasteiger charge is 2.01. The van der Waals surface area contributed by atoms with Crippen LogP contribution in [0, 0.1) is 0 Å². The highest BCUT2D eigenvalue weighted by atomic mass is 32.2. The zero-order valence-corrected chi connectivity index (χ0v) is 11.7. The number of aromatic nitrogens is 1. The van der Waals surface area contributed by atoms with Gasteiger partial charge in [0, 0.05) is 36.8 Å². The van der Waals surface area contributed by atoms with Crippen LogP contribution in [0.1, 0.15) is 0 Å². The minimum Gasteiger partial charge on any atom is -0.399 e. The van der Waals surface area contributed by atoms with Crippen LogP contribution in [-0.4, -0.2) is 19.1 Å². The topological polar surface area (TPSA) is 75.0 Å². The minimum atomic E-state index is 0.767. The summed E-state index contributed by atoms with van der Waals surface area (Å²) >= 11 is 1.53. The molecule has 0 aliphatic heterocycles. The molecule has 0 amide bonds. The maximum atomic E-state index is 5.66. The molecule has 100 valence electrons. The van der Waals surface area contributed by atoms with Crippen molar-refractivity contribution in [3.63, 3.8) is 0 Å². The molecule has 0 atom stereocenters. The number of nitrogens with one attached hydrogen (secondary N) is 3. The Morgan fingerprint density at radius 2 is 1.58 bits per heavy atom. The third-order valence-electron chi connectivity index (χ3n) is 2.50. The van der Waals surface area contributed by atoms with Crippen molar-refractivity contribution in [3.8, 4) is 0 Å². The minimum absolute atomic E-state index is 0.767. The van der Waals surface area contributed by atoms with E-state index in [1.165, 1.54) is 11.9 Å². The first-order chi connectivity index (χ1) is 9.21. The molecule has 0 radical (unpaired) electrons. The van der Waals surface area contributed by atoms with Gasteiger partial charge >= 0.3 is 0 Å². The summed E-state index contributed by atoms with van der Waals surface area (Å²) in [5.41, 5.74) is 7.40.